The summed E-state index contributed by atoms with van der Waals surface area (Å²) in [5.41, 5.74) is 1.11. The Hall–Kier alpha value is -2.24. The number of amides is 2. The van der Waals surface area contributed by atoms with Crippen molar-refractivity contribution in [2.24, 2.45) is 0 Å². The van der Waals surface area contributed by atoms with Crippen molar-refractivity contribution >= 4 is 12.0 Å². The molecule has 0 spiro atoms. The van der Waals surface area contributed by atoms with Gasteiger partial charge in [0.1, 0.15) is 5.75 Å². The summed E-state index contributed by atoms with van der Waals surface area (Å²) >= 11 is 0. The number of rotatable bonds is 10. The molecule has 6 nitrogen and oxygen atoms in total. The van der Waals surface area contributed by atoms with Crippen molar-refractivity contribution in [2.75, 3.05) is 26.7 Å². The van der Waals surface area contributed by atoms with Crippen molar-refractivity contribution in [1.82, 2.24) is 10.2 Å². The van der Waals surface area contributed by atoms with Gasteiger partial charge in [-0.15, -0.1) is 0 Å². The van der Waals surface area contributed by atoms with Crippen LogP contribution in [0.5, 0.6) is 5.75 Å². The van der Waals surface area contributed by atoms with E-state index in [0.29, 0.717) is 13.0 Å². The molecule has 6 heteroatoms. The van der Waals surface area contributed by atoms with E-state index < -0.39 is 5.97 Å². The van der Waals surface area contributed by atoms with Crippen LogP contribution in [0.25, 0.3) is 0 Å². The van der Waals surface area contributed by atoms with Crippen LogP contribution in [0.2, 0.25) is 0 Å². The molecule has 0 heterocycles. The number of unbranched alkanes of at least 4 members (excludes halogenated alkanes) is 1. The van der Waals surface area contributed by atoms with Crippen molar-refractivity contribution in [3.8, 4) is 5.75 Å². The van der Waals surface area contributed by atoms with Gasteiger partial charge in [0.05, 0.1) is 13.0 Å². The van der Waals surface area contributed by atoms with Crippen LogP contribution in [-0.4, -0.2) is 48.8 Å². The van der Waals surface area contributed by atoms with Crippen LogP contribution in [0.15, 0.2) is 24.3 Å². The van der Waals surface area contributed by atoms with Gasteiger partial charge in [-0.2, -0.15) is 0 Å². The number of carbonyl (C=O) groups excluding carboxylic acids is 1. The van der Waals surface area contributed by atoms with Gasteiger partial charge in [-0.1, -0.05) is 25.5 Å². The lowest BCUT2D eigenvalue weighted by atomic mass is 10.1. The molecular formula is C17H26N2O4. The zero-order chi connectivity index (χ0) is 17.1. The highest BCUT2D eigenvalue weighted by Gasteiger charge is 2.09. The molecule has 0 radical (unpaired) electrons. The number of carboxylic acid groups (broad SMARTS) is 1. The summed E-state index contributed by atoms with van der Waals surface area (Å²) < 4.78 is 5.60. The maximum atomic E-state index is 11.7. The first-order chi connectivity index (χ1) is 11.0. The van der Waals surface area contributed by atoms with E-state index in [1.807, 2.05) is 24.3 Å². The lowest BCUT2D eigenvalue weighted by molar-refractivity contribution is -0.137. The average Bonchev–Trinajstić information content (AvgIpc) is 2.54. The van der Waals surface area contributed by atoms with E-state index in [1.165, 1.54) is 4.90 Å². The first kappa shape index (κ1) is 18.8. The minimum atomic E-state index is -0.911. The predicted molar refractivity (Wildman–Crippen MR) is 88.8 cm³/mol. The molecule has 1 aromatic rings. The Bertz CT molecular complexity index is 488. The van der Waals surface area contributed by atoms with Gasteiger partial charge in [0, 0.05) is 20.1 Å². The molecule has 23 heavy (non-hydrogen) atoms. The molecule has 2 N–H and O–H groups in total. The molecule has 128 valence electrons. The molecule has 0 fully saturated rings. The molecule has 0 atom stereocenters. The number of nitrogens with one attached hydrogen (secondary N) is 1. The zero-order valence-corrected chi connectivity index (χ0v) is 13.9. The molecule has 0 aliphatic heterocycles. The number of ether oxygens (including phenoxy) is 1. The van der Waals surface area contributed by atoms with Gasteiger partial charge in [-0.05, 0) is 30.5 Å². The van der Waals surface area contributed by atoms with Crippen molar-refractivity contribution in [3.63, 3.8) is 0 Å². The fourth-order valence-corrected chi connectivity index (χ4v) is 1.90. The summed E-state index contributed by atoms with van der Waals surface area (Å²) in [5.74, 6) is -0.0504. The minimum absolute atomic E-state index is 0.0522. The lowest BCUT2D eigenvalue weighted by Crippen LogP contribution is -2.39. The van der Waals surface area contributed by atoms with Gasteiger partial charge in [-0.25, -0.2) is 4.79 Å². The van der Waals surface area contributed by atoms with Gasteiger partial charge in [0.15, 0.2) is 0 Å². The quantitative estimate of drug-likeness (QED) is 0.649. The van der Waals surface area contributed by atoms with Crippen molar-refractivity contribution < 1.29 is 19.4 Å². The van der Waals surface area contributed by atoms with Gasteiger partial charge in [-0.3, -0.25) is 4.79 Å². The Morgan fingerprint density at radius 3 is 2.57 bits per heavy atom. The SMILES string of the molecule is CCCCOc1ccc(CCNC(=O)N(C)CCC(=O)O)cc1. The number of aliphatic carboxylic acids is 1. The third kappa shape index (κ3) is 8.09. The molecule has 2 amide bonds. The molecule has 0 saturated heterocycles. The fraction of sp³-hybridized carbons (Fsp3) is 0.529. The normalized spacial score (nSPS) is 10.2. The molecular weight excluding hydrogens is 296 g/mol. The van der Waals surface area contributed by atoms with Crippen LogP contribution in [-0.2, 0) is 11.2 Å². The van der Waals surface area contributed by atoms with E-state index in [4.69, 9.17) is 9.84 Å². The minimum Gasteiger partial charge on any atom is -0.494 e. The Labute approximate surface area is 137 Å². The number of carbonyl (C=O) groups is 2. The Kier molecular flexibility index (Phi) is 8.57. The summed E-state index contributed by atoms with van der Waals surface area (Å²) in [6.07, 6.45) is 2.82. The third-order valence-electron chi connectivity index (χ3n) is 3.39. The van der Waals surface area contributed by atoms with Gasteiger partial charge in [0.25, 0.3) is 0 Å². The molecule has 0 saturated carbocycles. The second-order valence-electron chi connectivity index (χ2n) is 5.39. The molecule has 0 aliphatic rings. The van der Waals surface area contributed by atoms with Crippen LogP contribution in [0.1, 0.15) is 31.7 Å². The maximum absolute atomic E-state index is 11.7. The number of urea groups is 1. The number of benzene rings is 1. The van der Waals surface area contributed by atoms with E-state index in [0.717, 1.165) is 30.8 Å². The number of hydrogen-bond acceptors (Lipinski definition) is 3. The van der Waals surface area contributed by atoms with E-state index in [2.05, 4.69) is 12.2 Å². The average molecular weight is 322 g/mol. The Balaban J connectivity index is 2.26. The highest BCUT2D eigenvalue weighted by atomic mass is 16.5. The second-order valence-corrected chi connectivity index (χ2v) is 5.39. The monoisotopic (exact) mass is 322 g/mol. The van der Waals surface area contributed by atoms with E-state index in [9.17, 15) is 9.59 Å². The smallest absolute Gasteiger partial charge is 0.317 e. The first-order valence-corrected chi connectivity index (χ1v) is 7.95. The van der Waals surface area contributed by atoms with Crippen molar-refractivity contribution in [1.29, 1.82) is 0 Å². The predicted octanol–water partition coefficient (Wildman–Crippen LogP) is 2.52. The molecule has 0 aromatic heterocycles. The largest absolute Gasteiger partial charge is 0.494 e. The highest BCUT2D eigenvalue weighted by molar-refractivity contribution is 5.74. The first-order valence-electron chi connectivity index (χ1n) is 7.95. The Morgan fingerprint density at radius 1 is 1.26 bits per heavy atom. The second kappa shape index (κ2) is 10.5. The molecule has 0 aliphatic carbocycles. The maximum Gasteiger partial charge on any atom is 0.317 e. The van der Waals surface area contributed by atoms with Crippen molar-refractivity contribution in [3.05, 3.63) is 29.8 Å². The van der Waals surface area contributed by atoms with E-state index in [1.54, 1.807) is 7.05 Å². The van der Waals surface area contributed by atoms with Gasteiger partial charge in [0.2, 0.25) is 0 Å². The zero-order valence-electron chi connectivity index (χ0n) is 13.9. The van der Waals surface area contributed by atoms with Crippen LogP contribution in [0, 0.1) is 0 Å². The van der Waals surface area contributed by atoms with E-state index >= 15 is 0 Å². The molecule has 1 rings (SSSR count). The summed E-state index contributed by atoms with van der Waals surface area (Å²) in [5, 5.41) is 11.4. The van der Waals surface area contributed by atoms with Crippen LogP contribution < -0.4 is 10.1 Å². The lowest BCUT2D eigenvalue weighted by Gasteiger charge is -2.16. The molecule has 0 bridgehead atoms. The third-order valence-corrected chi connectivity index (χ3v) is 3.39. The molecule has 0 unspecified atom stereocenters. The summed E-state index contributed by atoms with van der Waals surface area (Å²) in [4.78, 5) is 23.6. The number of hydrogen-bond donors (Lipinski definition) is 2. The standard InChI is InChI=1S/C17H26N2O4/c1-3-4-13-23-15-7-5-14(6-8-15)9-11-18-17(22)19(2)12-10-16(20)21/h5-8H,3-4,9-13H2,1-2H3,(H,18,22)(H,20,21). The number of nitrogens with zero attached hydrogens (tertiary/aromatic N) is 1. The van der Waals surface area contributed by atoms with E-state index in [-0.39, 0.29) is 19.0 Å². The highest BCUT2D eigenvalue weighted by Crippen LogP contribution is 2.12. The summed E-state index contributed by atoms with van der Waals surface area (Å²) in [6.45, 7) is 3.56. The fourth-order valence-electron chi connectivity index (χ4n) is 1.90. The van der Waals surface area contributed by atoms with Gasteiger partial charge >= 0.3 is 12.0 Å². The van der Waals surface area contributed by atoms with Crippen LogP contribution >= 0.6 is 0 Å². The summed E-state index contributed by atoms with van der Waals surface area (Å²) in [7, 11) is 1.58. The summed E-state index contributed by atoms with van der Waals surface area (Å²) in [6, 6.07) is 7.59. The Morgan fingerprint density at radius 2 is 1.96 bits per heavy atom. The molecule has 1 aromatic carbocycles. The number of carboxylic acids is 1. The van der Waals surface area contributed by atoms with Crippen molar-refractivity contribution in [2.45, 2.75) is 32.6 Å². The topological polar surface area (TPSA) is 78.9 Å². The van der Waals surface area contributed by atoms with Crippen LogP contribution in [0.3, 0.4) is 0 Å². The van der Waals surface area contributed by atoms with Crippen LogP contribution in [0.4, 0.5) is 4.79 Å². The van der Waals surface area contributed by atoms with Gasteiger partial charge < -0.3 is 20.1 Å².